The number of methoxy groups -OCH3 is 1. The van der Waals surface area contributed by atoms with Crippen LogP contribution in [0.3, 0.4) is 0 Å². The third kappa shape index (κ3) is 2.45. The second-order valence-electron chi connectivity index (χ2n) is 5.00. The van der Waals surface area contributed by atoms with Crippen LogP contribution < -0.4 is 15.4 Å². The second-order valence-corrected chi connectivity index (χ2v) is 6.84. The van der Waals surface area contributed by atoms with Crippen LogP contribution in [-0.2, 0) is 0 Å². The minimum absolute atomic E-state index is 0.0908. The van der Waals surface area contributed by atoms with E-state index in [0.29, 0.717) is 5.95 Å². The Morgan fingerprint density at radius 2 is 2.15 bits per heavy atom. The van der Waals surface area contributed by atoms with Crippen LogP contribution >= 0.6 is 11.8 Å². The van der Waals surface area contributed by atoms with Gasteiger partial charge in [-0.05, 0) is 20.3 Å². The van der Waals surface area contributed by atoms with Crippen molar-refractivity contribution < 1.29 is 4.74 Å². The van der Waals surface area contributed by atoms with Crippen molar-refractivity contribution in [1.82, 2.24) is 15.0 Å². The van der Waals surface area contributed by atoms with E-state index in [-0.39, 0.29) is 28.1 Å². The zero-order valence-electron chi connectivity index (χ0n) is 12.0. The van der Waals surface area contributed by atoms with Gasteiger partial charge >= 0.3 is 6.01 Å². The number of anilines is 2. The van der Waals surface area contributed by atoms with E-state index in [4.69, 9.17) is 10.5 Å². The maximum atomic E-state index is 9.50. The van der Waals surface area contributed by atoms with Crippen molar-refractivity contribution in [3.63, 3.8) is 0 Å². The van der Waals surface area contributed by atoms with Crippen molar-refractivity contribution in [2.45, 2.75) is 43.4 Å². The highest BCUT2D eigenvalue weighted by molar-refractivity contribution is 8.01. The van der Waals surface area contributed by atoms with E-state index in [1.54, 1.807) is 11.8 Å². The number of hydrogen-bond donors (Lipinski definition) is 1. The highest BCUT2D eigenvalue weighted by atomic mass is 32.2. The van der Waals surface area contributed by atoms with Crippen molar-refractivity contribution in [2.75, 3.05) is 17.7 Å². The first kappa shape index (κ1) is 14.7. The lowest BCUT2D eigenvalue weighted by Gasteiger charge is -2.27. The molecule has 1 aromatic rings. The first-order valence-corrected chi connectivity index (χ1v) is 7.22. The molecular formula is C12H18N6OS. The number of hydrogen-bond acceptors (Lipinski definition) is 8. The van der Waals surface area contributed by atoms with Crippen molar-refractivity contribution in [3.8, 4) is 12.1 Å². The van der Waals surface area contributed by atoms with Crippen LogP contribution in [-0.4, -0.2) is 38.2 Å². The molecule has 8 heteroatoms. The summed E-state index contributed by atoms with van der Waals surface area (Å²) in [6, 6.07) is 2.18. The molecule has 0 bridgehead atoms. The van der Waals surface area contributed by atoms with Gasteiger partial charge in [-0.25, -0.2) is 0 Å². The molecule has 1 aromatic heterocycles. The molecule has 2 N–H and O–H groups in total. The van der Waals surface area contributed by atoms with Gasteiger partial charge in [0.2, 0.25) is 11.9 Å². The molecule has 20 heavy (non-hydrogen) atoms. The molecule has 1 saturated heterocycles. The van der Waals surface area contributed by atoms with Gasteiger partial charge in [0.05, 0.1) is 18.6 Å². The van der Waals surface area contributed by atoms with Crippen LogP contribution in [0.2, 0.25) is 0 Å². The summed E-state index contributed by atoms with van der Waals surface area (Å²) in [4.78, 5) is 14.2. The zero-order valence-corrected chi connectivity index (χ0v) is 12.8. The number of nitrogens with two attached hydrogens (primary N) is 1. The normalized spacial score (nSPS) is 24.4. The average Bonchev–Trinajstić information content (AvgIpc) is 2.68. The second kappa shape index (κ2) is 5.32. The lowest BCUT2D eigenvalue weighted by molar-refractivity contribution is 0.378. The first-order valence-electron chi connectivity index (χ1n) is 6.34. The quantitative estimate of drug-likeness (QED) is 0.893. The Morgan fingerprint density at radius 3 is 2.70 bits per heavy atom. The molecular weight excluding hydrogens is 276 g/mol. The maximum absolute atomic E-state index is 9.50. The monoisotopic (exact) mass is 294 g/mol. The molecule has 0 aromatic carbocycles. The molecule has 0 spiro atoms. The molecule has 0 radical (unpaired) electrons. The van der Waals surface area contributed by atoms with E-state index in [9.17, 15) is 5.26 Å². The number of aromatic nitrogens is 3. The largest absolute Gasteiger partial charge is 0.467 e. The Kier molecular flexibility index (Phi) is 3.90. The molecule has 1 fully saturated rings. The van der Waals surface area contributed by atoms with Gasteiger partial charge in [0, 0.05) is 4.75 Å². The standard InChI is InChI=1S/C12H18N6OS/c1-5-8-18(7(6-13)12(2,3)20-8)10-15-9(14)16-11(17-10)19-4/h7-8H,5H2,1-4H3,(H2,14,15,16,17). The van der Waals surface area contributed by atoms with Gasteiger partial charge in [-0.15, -0.1) is 11.8 Å². The highest BCUT2D eigenvalue weighted by Gasteiger charge is 2.48. The molecule has 1 aliphatic heterocycles. The van der Waals surface area contributed by atoms with Gasteiger partial charge < -0.3 is 15.4 Å². The van der Waals surface area contributed by atoms with Gasteiger partial charge in [-0.3, -0.25) is 0 Å². The third-order valence-corrected chi connectivity index (χ3v) is 4.86. The zero-order chi connectivity index (χ0) is 14.9. The summed E-state index contributed by atoms with van der Waals surface area (Å²) in [6.07, 6.45) is 0.875. The SMILES string of the molecule is CCC1SC(C)(C)C(C#N)N1c1nc(N)nc(OC)n1. The van der Waals surface area contributed by atoms with Crippen molar-refractivity contribution >= 4 is 23.7 Å². The summed E-state index contributed by atoms with van der Waals surface area (Å²) in [5, 5.41) is 9.63. The lowest BCUT2D eigenvalue weighted by atomic mass is 10.0. The van der Waals surface area contributed by atoms with E-state index < -0.39 is 0 Å². The van der Waals surface area contributed by atoms with Crippen LogP contribution in [0.1, 0.15) is 27.2 Å². The summed E-state index contributed by atoms with van der Waals surface area (Å²) < 4.78 is 4.82. The van der Waals surface area contributed by atoms with E-state index in [2.05, 4.69) is 41.8 Å². The molecule has 2 unspecified atom stereocenters. The van der Waals surface area contributed by atoms with Crippen molar-refractivity contribution in [2.24, 2.45) is 0 Å². The molecule has 2 rings (SSSR count). The van der Waals surface area contributed by atoms with Gasteiger partial charge in [0.15, 0.2) is 0 Å². The van der Waals surface area contributed by atoms with E-state index in [1.807, 2.05) is 4.90 Å². The highest BCUT2D eigenvalue weighted by Crippen LogP contribution is 2.46. The average molecular weight is 294 g/mol. The van der Waals surface area contributed by atoms with Gasteiger partial charge in [-0.2, -0.15) is 20.2 Å². The molecule has 1 aliphatic rings. The summed E-state index contributed by atoms with van der Waals surface area (Å²) in [5.74, 6) is 0.485. The molecule has 2 heterocycles. The molecule has 0 aliphatic carbocycles. The number of nitrogens with zero attached hydrogens (tertiary/aromatic N) is 5. The lowest BCUT2D eigenvalue weighted by Crippen LogP contribution is -2.42. The number of rotatable bonds is 3. The van der Waals surface area contributed by atoms with Crippen LogP contribution in [0.5, 0.6) is 6.01 Å². The summed E-state index contributed by atoms with van der Waals surface area (Å²) in [5.41, 5.74) is 5.69. The summed E-state index contributed by atoms with van der Waals surface area (Å²) in [6.45, 7) is 6.17. The number of ether oxygens (including phenoxy) is 1. The third-order valence-electron chi connectivity index (χ3n) is 3.19. The minimum atomic E-state index is -0.330. The molecule has 7 nitrogen and oxygen atoms in total. The smallest absolute Gasteiger partial charge is 0.322 e. The topological polar surface area (TPSA) is 101 Å². The predicted molar refractivity (Wildman–Crippen MR) is 78.4 cm³/mol. The van der Waals surface area contributed by atoms with Gasteiger partial charge in [0.25, 0.3) is 0 Å². The molecule has 2 atom stereocenters. The fourth-order valence-electron chi connectivity index (χ4n) is 2.28. The van der Waals surface area contributed by atoms with Crippen LogP contribution in [0, 0.1) is 11.3 Å². The minimum Gasteiger partial charge on any atom is -0.467 e. The number of thioether (sulfide) groups is 1. The maximum Gasteiger partial charge on any atom is 0.322 e. The van der Waals surface area contributed by atoms with Gasteiger partial charge in [-0.1, -0.05) is 6.92 Å². The Hall–Kier alpha value is -1.75. The predicted octanol–water partition coefficient (Wildman–Crippen LogP) is 1.42. The van der Waals surface area contributed by atoms with Crippen molar-refractivity contribution in [3.05, 3.63) is 0 Å². The number of nitriles is 1. The Balaban J connectivity index is 2.48. The fourth-order valence-corrected chi connectivity index (χ4v) is 3.78. The Labute approximate surface area is 122 Å². The summed E-state index contributed by atoms with van der Waals surface area (Å²) >= 11 is 1.74. The van der Waals surface area contributed by atoms with Crippen molar-refractivity contribution in [1.29, 1.82) is 5.26 Å². The number of nitrogen functional groups attached to an aromatic ring is 1. The molecule has 0 saturated carbocycles. The van der Waals surface area contributed by atoms with Crippen LogP contribution in [0.4, 0.5) is 11.9 Å². The Morgan fingerprint density at radius 1 is 1.45 bits per heavy atom. The van der Waals surface area contributed by atoms with E-state index in [1.165, 1.54) is 7.11 Å². The van der Waals surface area contributed by atoms with E-state index >= 15 is 0 Å². The molecule has 108 valence electrons. The van der Waals surface area contributed by atoms with Crippen LogP contribution in [0.15, 0.2) is 0 Å². The summed E-state index contributed by atoms with van der Waals surface area (Å²) in [7, 11) is 1.47. The first-order chi connectivity index (χ1) is 9.42. The van der Waals surface area contributed by atoms with Gasteiger partial charge in [0.1, 0.15) is 6.04 Å². The Bertz CT molecular complexity index is 543. The fraction of sp³-hybridized carbons (Fsp3) is 0.667. The molecule has 0 amide bonds. The van der Waals surface area contributed by atoms with Crippen LogP contribution in [0.25, 0.3) is 0 Å². The van der Waals surface area contributed by atoms with E-state index in [0.717, 1.165) is 6.42 Å².